The van der Waals surface area contributed by atoms with E-state index in [-0.39, 0.29) is 5.54 Å². The van der Waals surface area contributed by atoms with Crippen LogP contribution in [-0.2, 0) is 0 Å². The van der Waals surface area contributed by atoms with Gasteiger partial charge in [-0.05, 0) is 44.9 Å². The van der Waals surface area contributed by atoms with Crippen molar-refractivity contribution >= 4 is 0 Å². The first-order valence-electron chi connectivity index (χ1n) is 5.89. The Kier molecular flexibility index (Phi) is 4.83. The standard InChI is InChI=1S/C14H23N/c1-3-10-14(15,11-4-2)12-13-8-6-5-7-9-13/h3-4,8H,1-2,5-7,9-12,15H2. The molecule has 0 atom stereocenters. The maximum Gasteiger partial charge on any atom is 0.0261 e. The molecule has 0 aromatic rings. The van der Waals surface area contributed by atoms with E-state index in [0.29, 0.717) is 0 Å². The summed E-state index contributed by atoms with van der Waals surface area (Å²) in [6.45, 7) is 7.57. The van der Waals surface area contributed by atoms with Crippen LogP contribution in [0.3, 0.4) is 0 Å². The molecule has 0 spiro atoms. The lowest BCUT2D eigenvalue weighted by Gasteiger charge is -2.29. The molecule has 84 valence electrons. The van der Waals surface area contributed by atoms with E-state index in [9.17, 15) is 0 Å². The number of hydrogen-bond acceptors (Lipinski definition) is 1. The van der Waals surface area contributed by atoms with Crippen LogP contribution in [0.1, 0.15) is 44.9 Å². The minimum Gasteiger partial charge on any atom is -0.324 e. The second-order valence-corrected chi connectivity index (χ2v) is 4.63. The molecule has 0 amide bonds. The fourth-order valence-corrected chi connectivity index (χ4v) is 2.32. The van der Waals surface area contributed by atoms with E-state index >= 15 is 0 Å². The first-order chi connectivity index (χ1) is 7.20. The summed E-state index contributed by atoms with van der Waals surface area (Å²) in [6.07, 6.45) is 14.1. The van der Waals surface area contributed by atoms with Crippen LogP contribution in [0.25, 0.3) is 0 Å². The molecule has 1 heteroatoms. The summed E-state index contributed by atoms with van der Waals surface area (Å²) >= 11 is 0. The molecule has 0 aromatic carbocycles. The summed E-state index contributed by atoms with van der Waals surface area (Å²) in [5.74, 6) is 0. The molecule has 0 bridgehead atoms. The largest absolute Gasteiger partial charge is 0.324 e. The van der Waals surface area contributed by atoms with Gasteiger partial charge in [0.2, 0.25) is 0 Å². The van der Waals surface area contributed by atoms with Crippen LogP contribution >= 0.6 is 0 Å². The highest BCUT2D eigenvalue weighted by Crippen LogP contribution is 2.28. The lowest BCUT2D eigenvalue weighted by atomic mass is 9.82. The van der Waals surface area contributed by atoms with Crippen LogP contribution in [0.5, 0.6) is 0 Å². The Labute approximate surface area is 93.7 Å². The third-order valence-corrected chi connectivity index (χ3v) is 3.07. The van der Waals surface area contributed by atoms with E-state index in [1.807, 2.05) is 12.2 Å². The molecule has 0 saturated carbocycles. The normalized spacial score (nSPS) is 17.0. The lowest BCUT2D eigenvalue weighted by molar-refractivity contribution is 0.420. The summed E-state index contributed by atoms with van der Waals surface area (Å²) in [5, 5.41) is 0. The number of nitrogens with two attached hydrogens (primary N) is 1. The Balaban J connectivity index is 2.59. The Hall–Kier alpha value is -0.820. The maximum absolute atomic E-state index is 6.37. The highest BCUT2D eigenvalue weighted by Gasteiger charge is 2.23. The Morgan fingerprint density at radius 3 is 2.40 bits per heavy atom. The summed E-state index contributed by atoms with van der Waals surface area (Å²) in [5.41, 5.74) is 7.76. The highest BCUT2D eigenvalue weighted by molar-refractivity contribution is 5.12. The number of rotatable bonds is 6. The molecule has 0 aromatic heterocycles. The minimum absolute atomic E-state index is 0.146. The van der Waals surface area contributed by atoms with E-state index < -0.39 is 0 Å². The topological polar surface area (TPSA) is 26.0 Å². The van der Waals surface area contributed by atoms with Crippen LogP contribution in [0.15, 0.2) is 37.0 Å². The Bertz CT molecular complexity index is 240. The van der Waals surface area contributed by atoms with Crippen molar-refractivity contribution in [2.75, 3.05) is 0 Å². The van der Waals surface area contributed by atoms with E-state index in [2.05, 4.69) is 19.2 Å². The van der Waals surface area contributed by atoms with Gasteiger partial charge in [0, 0.05) is 5.54 Å². The van der Waals surface area contributed by atoms with Crippen molar-refractivity contribution in [2.45, 2.75) is 50.5 Å². The summed E-state index contributed by atoms with van der Waals surface area (Å²) < 4.78 is 0. The van der Waals surface area contributed by atoms with Gasteiger partial charge >= 0.3 is 0 Å². The van der Waals surface area contributed by atoms with Gasteiger partial charge in [0.1, 0.15) is 0 Å². The number of allylic oxidation sites excluding steroid dienone is 1. The van der Waals surface area contributed by atoms with Crippen LogP contribution in [-0.4, -0.2) is 5.54 Å². The summed E-state index contributed by atoms with van der Waals surface area (Å²) in [6, 6.07) is 0. The number of hydrogen-bond donors (Lipinski definition) is 1. The van der Waals surface area contributed by atoms with Crippen molar-refractivity contribution in [3.8, 4) is 0 Å². The highest BCUT2D eigenvalue weighted by atomic mass is 14.7. The van der Waals surface area contributed by atoms with Gasteiger partial charge in [-0.1, -0.05) is 23.8 Å². The molecule has 1 aliphatic carbocycles. The Morgan fingerprint density at radius 2 is 1.93 bits per heavy atom. The molecule has 15 heavy (non-hydrogen) atoms. The van der Waals surface area contributed by atoms with E-state index in [1.54, 1.807) is 0 Å². The molecule has 0 heterocycles. The minimum atomic E-state index is -0.146. The molecule has 0 aliphatic heterocycles. The van der Waals surface area contributed by atoms with Crippen LogP contribution < -0.4 is 5.73 Å². The van der Waals surface area contributed by atoms with Crippen molar-refractivity contribution in [1.29, 1.82) is 0 Å². The van der Waals surface area contributed by atoms with Gasteiger partial charge in [0.15, 0.2) is 0 Å². The van der Waals surface area contributed by atoms with Crippen molar-refractivity contribution in [1.82, 2.24) is 0 Å². The van der Waals surface area contributed by atoms with Crippen molar-refractivity contribution in [3.63, 3.8) is 0 Å². The average molecular weight is 205 g/mol. The first kappa shape index (κ1) is 12.3. The van der Waals surface area contributed by atoms with Crippen LogP contribution in [0.4, 0.5) is 0 Å². The van der Waals surface area contributed by atoms with Gasteiger partial charge in [0.05, 0.1) is 0 Å². The van der Waals surface area contributed by atoms with E-state index in [0.717, 1.165) is 19.3 Å². The van der Waals surface area contributed by atoms with Gasteiger partial charge in [-0.15, -0.1) is 13.2 Å². The molecule has 1 aliphatic rings. The van der Waals surface area contributed by atoms with Crippen molar-refractivity contribution < 1.29 is 0 Å². The van der Waals surface area contributed by atoms with Crippen LogP contribution in [0, 0.1) is 0 Å². The molecule has 0 unspecified atom stereocenters. The quantitative estimate of drug-likeness (QED) is 0.657. The average Bonchev–Trinajstić information content (AvgIpc) is 2.19. The predicted octanol–water partition coefficient (Wildman–Crippen LogP) is 3.73. The summed E-state index contributed by atoms with van der Waals surface area (Å²) in [7, 11) is 0. The second-order valence-electron chi connectivity index (χ2n) is 4.63. The predicted molar refractivity (Wildman–Crippen MR) is 67.7 cm³/mol. The fraction of sp³-hybridized carbons (Fsp3) is 0.571. The maximum atomic E-state index is 6.37. The van der Waals surface area contributed by atoms with Gasteiger partial charge in [-0.2, -0.15) is 0 Å². The molecule has 1 nitrogen and oxygen atoms in total. The van der Waals surface area contributed by atoms with Crippen molar-refractivity contribution in [2.24, 2.45) is 5.73 Å². The molecular weight excluding hydrogens is 182 g/mol. The van der Waals surface area contributed by atoms with Gasteiger partial charge in [-0.25, -0.2) is 0 Å². The van der Waals surface area contributed by atoms with Gasteiger partial charge in [0.25, 0.3) is 0 Å². The molecule has 2 N–H and O–H groups in total. The van der Waals surface area contributed by atoms with Crippen LogP contribution in [0.2, 0.25) is 0 Å². The first-order valence-corrected chi connectivity index (χ1v) is 5.89. The van der Waals surface area contributed by atoms with Crippen molar-refractivity contribution in [3.05, 3.63) is 37.0 Å². The zero-order valence-corrected chi connectivity index (χ0v) is 9.67. The lowest BCUT2D eigenvalue weighted by Crippen LogP contribution is -2.39. The zero-order valence-electron chi connectivity index (χ0n) is 9.67. The van der Waals surface area contributed by atoms with Gasteiger partial charge < -0.3 is 5.73 Å². The zero-order chi connectivity index (χ0) is 11.1. The smallest absolute Gasteiger partial charge is 0.0261 e. The molecule has 0 radical (unpaired) electrons. The van der Waals surface area contributed by atoms with E-state index in [1.165, 1.54) is 31.3 Å². The second kappa shape index (κ2) is 5.92. The van der Waals surface area contributed by atoms with E-state index in [4.69, 9.17) is 5.73 Å². The third kappa shape index (κ3) is 4.05. The molecule has 0 saturated heterocycles. The third-order valence-electron chi connectivity index (χ3n) is 3.07. The summed E-state index contributed by atoms with van der Waals surface area (Å²) in [4.78, 5) is 0. The fourth-order valence-electron chi connectivity index (χ4n) is 2.32. The SMILES string of the molecule is C=CCC(N)(CC=C)CC1=CCCCC1. The molecular formula is C14H23N. The Morgan fingerprint density at radius 1 is 1.27 bits per heavy atom. The monoisotopic (exact) mass is 205 g/mol. The molecule has 0 fully saturated rings. The van der Waals surface area contributed by atoms with Gasteiger partial charge in [-0.3, -0.25) is 0 Å². The molecule has 1 rings (SSSR count).